The Bertz CT molecular complexity index is 80.0. The summed E-state index contributed by atoms with van der Waals surface area (Å²) < 4.78 is 0. The van der Waals surface area contributed by atoms with Crippen molar-refractivity contribution < 1.29 is 0 Å². The van der Waals surface area contributed by atoms with Crippen LogP contribution in [-0.2, 0) is 0 Å². The molecule has 0 amide bonds. The molecule has 32 valence electrons. The summed E-state index contributed by atoms with van der Waals surface area (Å²) in [6.45, 7) is 0. The largest absolute Gasteiger partial charge is 0.265 e. The van der Waals surface area contributed by atoms with Crippen LogP contribution >= 0.6 is 0 Å². The van der Waals surface area contributed by atoms with Gasteiger partial charge in [-0.2, -0.15) is 0 Å². The molecule has 0 aliphatic carbocycles. The smallest absolute Gasteiger partial charge is 0.0267 e. The minimum atomic E-state index is 0. The Morgan fingerprint density at radius 1 is 0.857 bits per heavy atom. The van der Waals surface area contributed by atoms with E-state index in [1.54, 1.807) is 12.4 Å². The van der Waals surface area contributed by atoms with Gasteiger partial charge in [-0.25, -0.2) is 0 Å². The Balaban J connectivity index is 0.000000360. The van der Waals surface area contributed by atoms with Crippen LogP contribution in [0, 0.1) is 0 Å². The zero-order valence-corrected chi connectivity index (χ0v) is 6.25. The maximum atomic E-state index is 3.78. The number of nitrogens with zero attached hydrogens (tertiary/aromatic N) is 1. The molecule has 0 aliphatic rings. The van der Waals surface area contributed by atoms with E-state index >= 15 is 0 Å². The van der Waals surface area contributed by atoms with Gasteiger partial charge in [0.15, 0.2) is 0 Å². The van der Waals surface area contributed by atoms with Gasteiger partial charge in [0.2, 0.25) is 0 Å². The van der Waals surface area contributed by atoms with E-state index in [2.05, 4.69) is 4.98 Å². The molecule has 0 atom stereocenters. The first-order chi connectivity index (χ1) is 3.00. The predicted molar refractivity (Wildman–Crippen MR) is 30.0 cm³/mol. The van der Waals surface area contributed by atoms with Crippen molar-refractivity contribution in [2.45, 2.75) is 0 Å². The second-order valence-electron chi connectivity index (χ2n) is 1.02. The van der Waals surface area contributed by atoms with Crippen LogP contribution in [0.5, 0.6) is 0 Å². The normalized spacial score (nSPS) is 6.86. The summed E-state index contributed by atoms with van der Waals surface area (Å²) in [6.07, 6.45) is 3.50. The van der Waals surface area contributed by atoms with Crippen LogP contribution in [0.15, 0.2) is 30.6 Å². The average molecular weight is 119 g/mol. The molecule has 0 saturated heterocycles. The first kappa shape index (κ1) is 7.41. The first-order valence-corrected chi connectivity index (χ1v) is 1.85. The monoisotopic (exact) mass is 119 g/mol. The fourth-order valence-electron chi connectivity index (χ4n) is 0.313. The van der Waals surface area contributed by atoms with Crippen LogP contribution in [0.25, 0.3) is 0 Å². The van der Waals surface area contributed by atoms with E-state index in [4.69, 9.17) is 0 Å². The Labute approximate surface area is 72.8 Å². The zero-order valence-electron chi connectivity index (χ0n) is 4.04. The van der Waals surface area contributed by atoms with Crippen molar-refractivity contribution in [1.29, 1.82) is 0 Å². The quantitative estimate of drug-likeness (QED) is 0.458. The molecule has 0 spiro atoms. The molecular formula is C5H5CaN. The summed E-state index contributed by atoms with van der Waals surface area (Å²) in [5.41, 5.74) is 0. The molecule has 1 nitrogen and oxygen atoms in total. The van der Waals surface area contributed by atoms with Crippen LogP contribution in [0.2, 0.25) is 0 Å². The van der Waals surface area contributed by atoms with Crippen LogP contribution in [0.1, 0.15) is 0 Å². The van der Waals surface area contributed by atoms with E-state index in [-0.39, 0.29) is 37.7 Å². The Hall–Kier alpha value is 0.410. The summed E-state index contributed by atoms with van der Waals surface area (Å²) >= 11 is 0. The maximum absolute atomic E-state index is 3.78. The van der Waals surface area contributed by atoms with Crippen molar-refractivity contribution in [1.82, 2.24) is 4.98 Å². The summed E-state index contributed by atoms with van der Waals surface area (Å²) in [5.74, 6) is 0. The van der Waals surface area contributed by atoms with Gasteiger partial charge in [-0.05, 0) is 12.1 Å². The Kier molecular flexibility index (Phi) is 4.83. The van der Waals surface area contributed by atoms with Crippen LogP contribution < -0.4 is 0 Å². The molecule has 2 heteroatoms. The summed E-state index contributed by atoms with van der Waals surface area (Å²) in [7, 11) is 0. The van der Waals surface area contributed by atoms with E-state index < -0.39 is 0 Å². The molecule has 2 radical (unpaired) electrons. The maximum Gasteiger partial charge on any atom is 0.0267 e. The van der Waals surface area contributed by atoms with Gasteiger partial charge in [0.25, 0.3) is 0 Å². The van der Waals surface area contributed by atoms with Gasteiger partial charge in [0.05, 0.1) is 0 Å². The predicted octanol–water partition coefficient (Wildman–Crippen LogP) is 0.701. The molecule has 1 rings (SSSR count). The van der Waals surface area contributed by atoms with E-state index in [0.29, 0.717) is 0 Å². The van der Waals surface area contributed by atoms with Gasteiger partial charge in [0, 0.05) is 50.1 Å². The molecule has 0 fully saturated rings. The van der Waals surface area contributed by atoms with Crippen molar-refractivity contribution in [2.24, 2.45) is 0 Å². The number of aromatic nitrogens is 1. The van der Waals surface area contributed by atoms with E-state index in [9.17, 15) is 0 Å². The number of pyridine rings is 1. The van der Waals surface area contributed by atoms with Crippen LogP contribution in [0.3, 0.4) is 0 Å². The topological polar surface area (TPSA) is 12.9 Å². The zero-order chi connectivity index (χ0) is 4.24. The summed E-state index contributed by atoms with van der Waals surface area (Å²) in [4.78, 5) is 3.78. The number of hydrogen-bond acceptors (Lipinski definition) is 1. The SMILES string of the molecule is [Ca].c1ccncc1. The van der Waals surface area contributed by atoms with Crippen molar-refractivity contribution in [3.8, 4) is 0 Å². The van der Waals surface area contributed by atoms with Crippen LogP contribution in [-0.4, -0.2) is 42.7 Å². The van der Waals surface area contributed by atoms with Crippen LogP contribution in [0.4, 0.5) is 0 Å². The van der Waals surface area contributed by atoms with Gasteiger partial charge in [0.1, 0.15) is 0 Å². The van der Waals surface area contributed by atoms with E-state index in [1.165, 1.54) is 0 Å². The fourth-order valence-corrected chi connectivity index (χ4v) is 0.313. The van der Waals surface area contributed by atoms with Gasteiger partial charge < -0.3 is 0 Å². The molecule has 7 heavy (non-hydrogen) atoms. The molecule has 0 bridgehead atoms. The molecule has 1 heterocycles. The molecule has 1 aromatic heterocycles. The van der Waals surface area contributed by atoms with Crippen molar-refractivity contribution in [3.63, 3.8) is 0 Å². The Morgan fingerprint density at radius 2 is 1.43 bits per heavy atom. The van der Waals surface area contributed by atoms with E-state index in [0.717, 1.165) is 0 Å². The van der Waals surface area contributed by atoms with Crippen molar-refractivity contribution in [2.75, 3.05) is 0 Å². The number of rotatable bonds is 0. The molecule has 0 N–H and O–H groups in total. The first-order valence-electron chi connectivity index (χ1n) is 1.85. The molecule has 0 unspecified atom stereocenters. The van der Waals surface area contributed by atoms with Crippen molar-refractivity contribution >= 4 is 37.7 Å². The number of hydrogen-bond donors (Lipinski definition) is 0. The van der Waals surface area contributed by atoms with Gasteiger partial charge in [-0.15, -0.1) is 0 Å². The minimum Gasteiger partial charge on any atom is -0.265 e. The molecule has 0 saturated carbocycles. The van der Waals surface area contributed by atoms with Crippen molar-refractivity contribution in [3.05, 3.63) is 30.6 Å². The van der Waals surface area contributed by atoms with Gasteiger partial charge >= 0.3 is 0 Å². The summed E-state index contributed by atoms with van der Waals surface area (Å²) in [6, 6.07) is 5.72. The average Bonchev–Trinajstić information content (AvgIpc) is 1.72. The minimum absolute atomic E-state index is 0. The third-order valence-corrected chi connectivity index (χ3v) is 0.566. The third-order valence-electron chi connectivity index (χ3n) is 0.566. The second kappa shape index (κ2) is 4.57. The molecule has 0 aliphatic heterocycles. The summed E-state index contributed by atoms with van der Waals surface area (Å²) in [5, 5.41) is 0. The van der Waals surface area contributed by atoms with E-state index in [1.807, 2.05) is 18.2 Å². The third kappa shape index (κ3) is 3.03. The molecule has 0 aromatic carbocycles. The van der Waals surface area contributed by atoms with Gasteiger partial charge in [-0.3, -0.25) is 4.98 Å². The fraction of sp³-hybridized carbons (Fsp3) is 0. The molecular weight excluding hydrogens is 114 g/mol. The Morgan fingerprint density at radius 3 is 1.57 bits per heavy atom. The molecule has 1 aromatic rings. The van der Waals surface area contributed by atoms with Gasteiger partial charge in [-0.1, -0.05) is 6.07 Å². The standard InChI is InChI=1S/C5H5N.Ca/c1-2-4-6-5-3-1;/h1-5H;. The second-order valence-corrected chi connectivity index (χ2v) is 1.02.